The molecular weight excluding hydrogens is 955 g/mol. The molecule has 0 bridgehead atoms. The van der Waals surface area contributed by atoms with Gasteiger partial charge in [0, 0.05) is 0 Å². The molecule has 76 heavy (non-hydrogen) atoms. The minimum atomic E-state index is -1.66. The lowest BCUT2D eigenvalue weighted by atomic mass is 9.98. The maximum absolute atomic E-state index is 13.2. The van der Waals surface area contributed by atoms with Crippen molar-refractivity contribution in [3.8, 4) is 0 Å². The number of nitrogens with one attached hydrogen (secondary N) is 1. The summed E-state index contributed by atoms with van der Waals surface area (Å²) in [5, 5.41) is 76.4. The zero-order chi connectivity index (χ0) is 55.4. The van der Waals surface area contributed by atoms with E-state index in [9.17, 15) is 40.5 Å². The Balaban J connectivity index is 2.21. The van der Waals surface area contributed by atoms with Crippen molar-refractivity contribution in [1.82, 2.24) is 5.32 Å². The summed E-state index contributed by atoms with van der Waals surface area (Å²) in [6, 6.07) is -1.16. The molecule has 1 rings (SSSR count). The lowest BCUT2D eigenvalue weighted by Gasteiger charge is -2.40. The van der Waals surface area contributed by atoms with Crippen LogP contribution in [0, 0.1) is 0 Å². The molecule has 1 saturated heterocycles. The molecule has 454 valence electrons. The molecule has 11 heteroatoms. The zero-order valence-corrected chi connectivity index (χ0v) is 50.0. The van der Waals surface area contributed by atoms with E-state index in [4.69, 9.17) is 9.47 Å². The third-order valence-electron chi connectivity index (χ3n) is 16.7. The third-order valence-corrected chi connectivity index (χ3v) is 16.7. The van der Waals surface area contributed by atoms with Gasteiger partial charge in [-0.3, -0.25) is 4.79 Å². The maximum atomic E-state index is 13.2. The first-order chi connectivity index (χ1) is 37.2. The third kappa shape index (κ3) is 42.0. The van der Waals surface area contributed by atoms with Crippen LogP contribution in [0.15, 0.2) is 0 Å². The molecule has 0 aromatic heterocycles. The number of hydrogen-bond donors (Lipinski definition) is 8. The quantitative estimate of drug-likeness (QED) is 0.0272. The fourth-order valence-electron chi connectivity index (χ4n) is 11.3. The molecule has 0 saturated carbocycles. The summed E-state index contributed by atoms with van der Waals surface area (Å²) in [6.45, 7) is 3.52. The summed E-state index contributed by atoms with van der Waals surface area (Å²) in [5.41, 5.74) is 0. The molecule has 11 nitrogen and oxygen atoms in total. The van der Waals surface area contributed by atoms with E-state index in [-0.39, 0.29) is 6.42 Å². The van der Waals surface area contributed by atoms with Gasteiger partial charge in [0.1, 0.15) is 36.6 Å². The van der Waals surface area contributed by atoms with Crippen molar-refractivity contribution in [1.29, 1.82) is 0 Å². The topological polar surface area (TPSA) is 189 Å². The van der Waals surface area contributed by atoms with E-state index in [0.29, 0.717) is 19.3 Å². The van der Waals surface area contributed by atoms with Crippen molar-refractivity contribution in [3.63, 3.8) is 0 Å². The van der Waals surface area contributed by atoms with Gasteiger partial charge in [0.05, 0.1) is 25.4 Å². The van der Waals surface area contributed by atoms with Gasteiger partial charge >= 0.3 is 0 Å². The summed E-state index contributed by atoms with van der Waals surface area (Å²) in [7, 11) is 0. The largest absolute Gasteiger partial charge is 0.394 e. The van der Waals surface area contributed by atoms with Crippen molar-refractivity contribution in [3.05, 3.63) is 0 Å². The standard InChI is InChI=1S/C65H129NO10/c1-3-5-7-9-11-13-15-17-19-21-23-25-26-27-28-29-30-31-33-34-36-38-40-42-44-46-48-50-52-57(68)60(70)56(55-75-65-63(73)62(72)61(71)59(54-67)76-65)66-64(74)58(69)53-51-49-47-45-43-41-39-37-35-32-24-22-20-18-16-14-12-10-8-6-4-2/h56-63,65,67-73H,3-55H2,1-2H3,(H,66,74). The molecule has 1 amide bonds. The molecule has 0 radical (unpaired) electrons. The van der Waals surface area contributed by atoms with E-state index in [1.54, 1.807) is 0 Å². The molecule has 0 spiro atoms. The Morgan fingerprint density at radius 2 is 0.684 bits per heavy atom. The Morgan fingerprint density at radius 3 is 0.974 bits per heavy atom. The number of carbonyl (C=O) groups excluding carboxylic acids is 1. The van der Waals surface area contributed by atoms with Crippen LogP contribution < -0.4 is 5.32 Å². The van der Waals surface area contributed by atoms with Crippen LogP contribution in [0.4, 0.5) is 0 Å². The normalized spacial score (nSPS) is 19.5. The molecule has 1 fully saturated rings. The molecule has 0 aromatic carbocycles. The van der Waals surface area contributed by atoms with Gasteiger partial charge < -0.3 is 50.5 Å². The number of carbonyl (C=O) groups is 1. The number of aliphatic hydroxyl groups is 7. The predicted octanol–water partition coefficient (Wildman–Crippen LogP) is 15.3. The van der Waals surface area contributed by atoms with Crippen molar-refractivity contribution in [2.75, 3.05) is 13.2 Å². The summed E-state index contributed by atoms with van der Waals surface area (Å²) in [6.07, 6.45) is 53.1. The van der Waals surface area contributed by atoms with Crippen molar-refractivity contribution >= 4 is 5.91 Å². The van der Waals surface area contributed by atoms with Gasteiger partial charge in [0.15, 0.2) is 6.29 Å². The van der Waals surface area contributed by atoms with Crippen molar-refractivity contribution in [2.45, 2.75) is 396 Å². The lowest BCUT2D eigenvalue weighted by Crippen LogP contribution is -2.60. The summed E-state index contributed by atoms with van der Waals surface area (Å²) in [4.78, 5) is 13.2. The fraction of sp³-hybridized carbons (Fsp3) is 0.985. The van der Waals surface area contributed by atoms with Gasteiger partial charge in [-0.05, 0) is 12.8 Å². The highest BCUT2D eigenvalue weighted by Crippen LogP contribution is 2.24. The van der Waals surface area contributed by atoms with Gasteiger partial charge in [-0.2, -0.15) is 0 Å². The molecule has 0 aromatic rings. The zero-order valence-electron chi connectivity index (χ0n) is 50.0. The molecule has 1 heterocycles. The van der Waals surface area contributed by atoms with Crippen LogP contribution in [0.2, 0.25) is 0 Å². The Labute approximate surface area is 469 Å². The monoisotopic (exact) mass is 1080 g/mol. The van der Waals surface area contributed by atoms with E-state index < -0.39 is 74.2 Å². The second-order valence-electron chi connectivity index (χ2n) is 23.9. The van der Waals surface area contributed by atoms with E-state index >= 15 is 0 Å². The Bertz CT molecular complexity index is 1200. The second-order valence-corrected chi connectivity index (χ2v) is 23.9. The van der Waals surface area contributed by atoms with Crippen LogP contribution in [-0.4, -0.2) is 110 Å². The summed E-state index contributed by atoms with van der Waals surface area (Å²) in [5.74, 6) is -0.688. The van der Waals surface area contributed by atoms with Crippen LogP contribution in [0.1, 0.15) is 341 Å². The van der Waals surface area contributed by atoms with Crippen LogP contribution in [-0.2, 0) is 14.3 Å². The molecular formula is C65H129NO10. The Kier molecular flexibility index (Phi) is 52.6. The Hall–Kier alpha value is -0.890. The smallest absolute Gasteiger partial charge is 0.249 e. The second kappa shape index (κ2) is 54.7. The number of hydrogen-bond acceptors (Lipinski definition) is 10. The first kappa shape index (κ1) is 73.1. The number of rotatable bonds is 59. The van der Waals surface area contributed by atoms with E-state index in [1.807, 2.05) is 0 Å². The van der Waals surface area contributed by atoms with Crippen LogP contribution in [0.3, 0.4) is 0 Å². The molecule has 0 aliphatic carbocycles. The van der Waals surface area contributed by atoms with Gasteiger partial charge in [-0.1, -0.05) is 328 Å². The SMILES string of the molecule is CCCCCCCCCCCCCCCCCCCCCCCCCCCCCCC(O)C(O)C(COC1OC(CO)C(O)C(O)C1O)NC(=O)C(O)CCCCCCCCCCCCCCCCCCCCCCC. The van der Waals surface area contributed by atoms with Gasteiger partial charge in [0.25, 0.3) is 0 Å². The van der Waals surface area contributed by atoms with Gasteiger partial charge in [0.2, 0.25) is 5.91 Å². The minimum Gasteiger partial charge on any atom is -0.394 e. The predicted molar refractivity (Wildman–Crippen MR) is 316 cm³/mol. The van der Waals surface area contributed by atoms with E-state index in [2.05, 4.69) is 19.2 Å². The minimum absolute atomic E-state index is 0.267. The first-order valence-corrected chi connectivity index (χ1v) is 33.4. The molecule has 1 aliphatic heterocycles. The first-order valence-electron chi connectivity index (χ1n) is 33.4. The van der Waals surface area contributed by atoms with Crippen LogP contribution in [0.5, 0.6) is 0 Å². The summed E-state index contributed by atoms with van der Waals surface area (Å²) >= 11 is 0. The highest BCUT2D eigenvalue weighted by atomic mass is 16.7. The number of ether oxygens (including phenoxy) is 2. The number of unbranched alkanes of at least 4 members (excludes halogenated alkanes) is 47. The van der Waals surface area contributed by atoms with Crippen molar-refractivity contribution in [2.24, 2.45) is 0 Å². The lowest BCUT2D eigenvalue weighted by molar-refractivity contribution is -0.303. The van der Waals surface area contributed by atoms with Crippen LogP contribution >= 0.6 is 0 Å². The molecule has 9 atom stereocenters. The van der Waals surface area contributed by atoms with Crippen molar-refractivity contribution < 1.29 is 50.0 Å². The summed E-state index contributed by atoms with van der Waals surface area (Å²) < 4.78 is 11.2. The molecule has 1 aliphatic rings. The van der Waals surface area contributed by atoms with Gasteiger partial charge in [-0.15, -0.1) is 0 Å². The number of amides is 1. The molecule has 8 N–H and O–H groups in total. The van der Waals surface area contributed by atoms with Gasteiger partial charge in [-0.25, -0.2) is 0 Å². The average molecular weight is 1080 g/mol. The average Bonchev–Trinajstić information content (AvgIpc) is 3.42. The van der Waals surface area contributed by atoms with Crippen LogP contribution in [0.25, 0.3) is 0 Å². The highest BCUT2D eigenvalue weighted by Gasteiger charge is 2.44. The fourth-order valence-corrected chi connectivity index (χ4v) is 11.3. The molecule has 9 unspecified atom stereocenters. The maximum Gasteiger partial charge on any atom is 0.249 e. The highest BCUT2D eigenvalue weighted by molar-refractivity contribution is 5.80. The Morgan fingerprint density at radius 1 is 0.408 bits per heavy atom. The van der Waals surface area contributed by atoms with E-state index in [0.717, 1.165) is 38.5 Å². The van der Waals surface area contributed by atoms with E-state index in [1.165, 1.54) is 263 Å². The number of aliphatic hydroxyl groups excluding tert-OH is 7.